The minimum Gasteiger partial charge on any atom is -0.455 e. The highest BCUT2D eigenvalue weighted by Crippen LogP contribution is 2.51. The monoisotopic (exact) mass is 399 g/mol. The van der Waals surface area contributed by atoms with E-state index in [0.717, 1.165) is 27.8 Å². The maximum absolute atomic E-state index is 9.48. The number of aryl methyl sites for hydroxylation is 3. The van der Waals surface area contributed by atoms with Crippen molar-refractivity contribution in [1.29, 1.82) is 5.26 Å². The fourth-order valence-electron chi connectivity index (χ4n) is 4.57. The van der Waals surface area contributed by atoms with E-state index >= 15 is 0 Å². The van der Waals surface area contributed by atoms with Crippen molar-refractivity contribution in [3.63, 3.8) is 0 Å². The van der Waals surface area contributed by atoms with Crippen LogP contribution in [-0.2, 0) is 13.5 Å². The molecule has 0 saturated heterocycles. The number of benzene rings is 2. The Morgan fingerprint density at radius 1 is 1.17 bits per heavy atom. The number of rotatable bonds is 2. The summed E-state index contributed by atoms with van der Waals surface area (Å²) in [6, 6.07) is 11.1. The van der Waals surface area contributed by atoms with Crippen LogP contribution in [0.25, 0.3) is 32.1 Å². The topological polar surface area (TPSA) is 36.9 Å². The van der Waals surface area contributed by atoms with E-state index in [2.05, 4.69) is 67.4 Å². The lowest BCUT2D eigenvalue weighted by Gasteiger charge is -2.24. The van der Waals surface area contributed by atoms with E-state index in [1.54, 1.807) is 11.3 Å². The molecule has 5 rings (SSSR count). The molecule has 0 spiro atoms. The molecule has 0 fully saturated rings. The predicted molar refractivity (Wildman–Crippen MR) is 119 cm³/mol. The molecule has 0 bridgehead atoms. The molecule has 0 atom stereocenters. The van der Waals surface area contributed by atoms with Gasteiger partial charge in [0.1, 0.15) is 18.5 Å². The second-order valence-corrected chi connectivity index (χ2v) is 9.64. The highest BCUT2D eigenvalue weighted by Gasteiger charge is 2.32. The number of hydrogen-bond donors (Lipinski definition) is 0. The maximum atomic E-state index is 9.48. The fraction of sp³-hybridized carbons (Fsp3) is 0.280. The molecule has 0 aliphatic carbocycles. The Hall–Kier alpha value is -2.90. The van der Waals surface area contributed by atoms with Gasteiger partial charge in [-0.25, -0.2) is 4.57 Å². The number of aromatic nitrogens is 1. The molecule has 0 N–H and O–H groups in total. The van der Waals surface area contributed by atoms with E-state index < -0.39 is 5.41 Å². The number of ether oxygens (including phenoxy) is 1. The average molecular weight is 400 g/mol. The van der Waals surface area contributed by atoms with Crippen LogP contribution in [0, 0.1) is 30.6 Å². The second-order valence-electron chi connectivity index (χ2n) is 8.73. The van der Waals surface area contributed by atoms with Crippen molar-refractivity contribution in [2.24, 2.45) is 12.5 Å². The van der Waals surface area contributed by atoms with E-state index in [-0.39, 0.29) is 0 Å². The molecule has 4 heteroatoms. The second kappa shape index (κ2) is 6.05. The van der Waals surface area contributed by atoms with Crippen molar-refractivity contribution in [2.45, 2.75) is 34.1 Å². The van der Waals surface area contributed by atoms with Gasteiger partial charge >= 0.3 is 0 Å². The van der Waals surface area contributed by atoms with Crippen molar-refractivity contribution in [3.05, 3.63) is 52.5 Å². The minimum atomic E-state index is -0.412. The first kappa shape index (κ1) is 18.1. The van der Waals surface area contributed by atoms with Crippen LogP contribution in [0.15, 0.2) is 35.8 Å². The van der Waals surface area contributed by atoms with Crippen molar-refractivity contribution in [2.75, 3.05) is 0 Å². The smallest absolute Gasteiger partial charge is 0.228 e. The summed E-state index contributed by atoms with van der Waals surface area (Å²) in [6.07, 6.45) is 2.82. The number of fused-ring (bicyclic) bond motifs is 3. The quantitative estimate of drug-likeness (QED) is 0.324. The van der Waals surface area contributed by atoms with E-state index in [4.69, 9.17) is 4.74 Å². The summed E-state index contributed by atoms with van der Waals surface area (Å²) in [5, 5.41) is 15.3. The predicted octanol–water partition coefficient (Wildman–Crippen LogP) is 6.36. The van der Waals surface area contributed by atoms with Gasteiger partial charge in [-0.05, 0) is 73.5 Å². The lowest BCUT2D eigenvalue weighted by molar-refractivity contribution is -0.659. The average Bonchev–Trinajstić information content (AvgIpc) is 3.18. The zero-order valence-electron chi connectivity index (χ0n) is 17.4. The number of hydrogen-bond acceptors (Lipinski definition) is 3. The summed E-state index contributed by atoms with van der Waals surface area (Å²) in [4.78, 5) is 0. The number of thiophene rings is 1. The van der Waals surface area contributed by atoms with Gasteiger partial charge in [0.25, 0.3) is 0 Å². The van der Waals surface area contributed by atoms with E-state index in [0.29, 0.717) is 6.42 Å². The molecular weight excluding hydrogens is 376 g/mol. The fourth-order valence-corrected chi connectivity index (χ4v) is 5.53. The van der Waals surface area contributed by atoms with Gasteiger partial charge in [-0.15, -0.1) is 11.3 Å². The molecule has 1 aliphatic heterocycles. The first-order valence-corrected chi connectivity index (χ1v) is 10.7. The van der Waals surface area contributed by atoms with Crippen LogP contribution in [0.2, 0.25) is 0 Å². The van der Waals surface area contributed by atoms with Gasteiger partial charge in [-0.1, -0.05) is 6.07 Å². The van der Waals surface area contributed by atoms with E-state index in [1.165, 1.54) is 32.5 Å². The highest BCUT2D eigenvalue weighted by molar-refractivity contribution is 7.17. The van der Waals surface area contributed by atoms with Gasteiger partial charge in [0.2, 0.25) is 5.69 Å². The molecular formula is C25H23N2OS+. The normalized spacial score (nSPS) is 12.7. The van der Waals surface area contributed by atoms with Crippen molar-refractivity contribution < 1.29 is 9.30 Å². The van der Waals surface area contributed by atoms with Gasteiger partial charge in [-0.3, -0.25) is 0 Å². The lowest BCUT2D eigenvalue weighted by atomic mass is 9.85. The van der Waals surface area contributed by atoms with Crippen molar-refractivity contribution in [3.8, 4) is 28.8 Å². The summed E-state index contributed by atoms with van der Waals surface area (Å²) in [7, 11) is 2.10. The highest BCUT2D eigenvalue weighted by atomic mass is 32.1. The Kier molecular flexibility index (Phi) is 3.78. The summed E-state index contributed by atoms with van der Waals surface area (Å²) < 4.78 is 10.1. The van der Waals surface area contributed by atoms with Gasteiger partial charge in [0.05, 0.1) is 22.4 Å². The summed E-state index contributed by atoms with van der Waals surface area (Å²) in [5.74, 6) is 1.85. The molecule has 0 radical (unpaired) electrons. The third-order valence-corrected chi connectivity index (χ3v) is 7.04. The van der Waals surface area contributed by atoms with Gasteiger partial charge in [0, 0.05) is 16.3 Å². The van der Waals surface area contributed by atoms with Crippen molar-refractivity contribution in [1.82, 2.24) is 0 Å². The SMILES string of the molecule is Cc1c2c(c(C)c3sccc13)Oc1cc(CC(C)(C)C#N)cc3cc[n+](C)c-2c13. The minimum absolute atomic E-state index is 0.412. The van der Waals surface area contributed by atoms with Gasteiger partial charge < -0.3 is 4.74 Å². The summed E-state index contributed by atoms with van der Waals surface area (Å²) >= 11 is 1.77. The molecule has 2 aromatic heterocycles. The Balaban J connectivity index is 1.86. The zero-order valence-corrected chi connectivity index (χ0v) is 18.2. The molecule has 4 aromatic rings. The van der Waals surface area contributed by atoms with Crippen LogP contribution in [0.3, 0.4) is 0 Å². The molecule has 0 amide bonds. The van der Waals surface area contributed by atoms with Gasteiger partial charge in [0.15, 0.2) is 6.20 Å². The van der Waals surface area contributed by atoms with Crippen LogP contribution < -0.4 is 9.30 Å². The summed E-state index contributed by atoms with van der Waals surface area (Å²) in [6.45, 7) is 8.32. The van der Waals surface area contributed by atoms with Gasteiger partial charge in [-0.2, -0.15) is 5.26 Å². The number of pyridine rings is 1. The number of nitriles is 1. The van der Waals surface area contributed by atoms with Crippen LogP contribution in [0.5, 0.6) is 11.5 Å². The molecule has 2 aromatic carbocycles. The van der Waals surface area contributed by atoms with Crippen LogP contribution in [0.1, 0.15) is 30.5 Å². The molecule has 0 saturated carbocycles. The molecule has 0 unspecified atom stereocenters. The Morgan fingerprint density at radius 2 is 1.97 bits per heavy atom. The van der Waals surface area contributed by atoms with E-state index in [1.807, 2.05) is 13.8 Å². The Bertz CT molecular complexity index is 1370. The van der Waals surface area contributed by atoms with Crippen molar-refractivity contribution >= 4 is 32.2 Å². The van der Waals surface area contributed by atoms with Crippen LogP contribution >= 0.6 is 11.3 Å². The van der Waals surface area contributed by atoms with Crippen LogP contribution in [0.4, 0.5) is 0 Å². The summed E-state index contributed by atoms with van der Waals surface area (Å²) in [5.41, 5.74) is 5.59. The molecule has 1 aliphatic rings. The first-order chi connectivity index (χ1) is 13.8. The Morgan fingerprint density at radius 3 is 2.72 bits per heavy atom. The Labute approximate surface area is 174 Å². The third kappa shape index (κ3) is 2.58. The standard InChI is InChI=1S/C25H23N2OS/c1-14-18-7-9-29-24(18)15(2)23-20(14)22-21-17(6-8-27(22)5)10-16(11-19(21)28-23)12-25(3,4)13-26/h6-11H,12H2,1-5H3/q+1. The zero-order chi connectivity index (χ0) is 20.5. The largest absolute Gasteiger partial charge is 0.455 e. The molecule has 3 heterocycles. The maximum Gasteiger partial charge on any atom is 0.228 e. The molecule has 29 heavy (non-hydrogen) atoms. The molecule has 3 nitrogen and oxygen atoms in total. The van der Waals surface area contributed by atoms with E-state index in [9.17, 15) is 5.26 Å². The molecule has 144 valence electrons. The van der Waals surface area contributed by atoms with Crippen LogP contribution in [-0.4, -0.2) is 0 Å². The lowest BCUT2D eigenvalue weighted by Crippen LogP contribution is -2.32. The first-order valence-electron chi connectivity index (χ1n) is 9.86. The number of nitrogens with zero attached hydrogens (tertiary/aromatic N) is 2. The third-order valence-electron chi connectivity index (χ3n) is 6.01.